The zero-order valence-electron chi connectivity index (χ0n) is 12.8. The summed E-state index contributed by atoms with van der Waals surface area (Å²) in [5, 5.41) is 0. The van der Waals surface area contributed by atoms with Gasteiger partial charge in [0, 0.05) is 4.47 Å². The molecule has 1 heterocycles. The van der Waals surface area contributed by atoms with E-state index in [2.05, 4.69) is 15.9 Å². The van der Waals surface area contributed by atoms with E-state index in [4.69, 9.17) is 12.2 Å². The fourth-order valence-electron chi connectivity index (χ4n) is 2.19. The average Bonchev–Trinajstić information content (AvgIpc) is 2.85. The number of hydrogen-bond donors (Lipinski definition) is 0. The Morgan fingerprint density at radius 2 is 1.72 bits per heavy atom. The number of thiocarbonyl (C=S) groups is 1. The molecule has 0 N–H and O–H groups in total. The van der Waals surface area contributed by atoms with Crippen LogP contribution in [-0.2, 0) is 14.6 Å². The molecular formula is C17H12BrNO3S3. The molecule has 1 amide bonds. The SMILES string of the molecule is O=C1/C(=C/c2ccc(Br)cc2)SC(=S)N1CS(=O)(=O)c1ccccc1. The van der Waals surface area contributed by atoms with Crippen LogP contribution in [-0.4, -0.2) is 29.4 Å². The summed E-state index contributed by atoms with van der Waals surface area (Å²) in [5.74, 6) is -0.850. The maximum Gasteiger partial charge on any atom is 0.267 e. The molecule has 1 aliphatic heterocycles. The quantitative estimate of drug-likeness (QED) is 0.515. The Kier molecular flexibility index (Phi) is 5.43. The monoisotopic (exact) mass is 453 g/mol. The van der Waals surface area contributed by atoms with Crippen molar-refractivity contribution in [1.82, 2.24) is 4.90 Å². The van der Waals surface area contributed by atoms with Crippen LogP contribution in [0.2, 0.25) is 0 Å². The highest BCUT2D eigenvalue weighted by atomic mass is 79.9. The van der Waals surface area contributed by atoms with Crippen molar-refractivity contribution in [3.8, 4) is 0 Å². The molecule has 4 nitrogen and oxygen atoms in total. The second kappa shape index (κ2) is 7.41. The van der Waals surface area contributed by atoms with Gasteiger partial charge in [-0.1, -0.05) is 70.2 Å². The number of benzene rings is 2. The second-order valence-corrected chi connectivity index (χ2v) is 9.77. The lowest BCUT2D eigenvalue weighted by Crippen LogP contribution is -2.33. The van der Waals surface area contributed by atoms with Crippen LogP contribution in [0.1, 0.15) is 5.56 Å². The summed E-state index contributed by atoms with van der Waals surface area (Å²) < 4.78 is 26.2. The molecule has 1 fully saturated rings. The summed E-state index contributed by atoms with van der Waals surface area (Å²) in [5.41, 5.74) is 0.842. The largest absolute Gasteiger partial charge is 0.277 e. The molecule has 0 atom stereocenters. The predicted octanol–water partition coefficient (Wildman–Crippen LogP) is 4.08. The van der Waals surface area contributed by atoms with E-state index in [1.165, 1.54) is 12.1 Å². The van der Waals surface area contributed by atoms with Gasteiger partial charge in [-0.3, -0.25) is 9.69 Å². The summed E-state index contributed by atoms with van der Waals surface area (Å²) in [6, 6.07) is 15.5. The Labute approximate surface area is 164 Å². The average molecular weight is 454 g/mol. The van der Waals surface area contributed by atoms with Crippen LogP contribution in [0.25, 0.3) is 6.08 Å². The number of sulfone groups is 1. The van der Waals surface area contributed by atoms with Crippen LogP contribution in [0.4, 0.5) is 0 Å². The summed E-state index contributed by atoms with van der Waals surface area (Å²) in [6.45, 7) is 0. The number of nitrogens with zero attached hydrogens (tertiary/aromatic N) is 1. The van der Waals surface area contributed by atoms with E-state index in [0.717, 1.165) is 26.7 Å². The van der Waals surface area contributed by atoms with Gasteiger partial charge in [-0.25, -0.2) is 8.42 Å². The van der Waals surface area contributed by atoms with Crippen molar-refractivity contribution in [2.24, 2.45) is 0 Å². The number of carbonyl (C=O) groups excluding carboxylic acids is 1. The van der Waals surface area contributed by atoms with Crippen LogP contribution in [0.3, 0.4) is 0 Å². The third-order valence-corrected chi connectivity index (χ3v) is 6.94. The van der Waals surface area contributed by atoms with Crippen LogP contribution in [0.5, 0.6) is 0 Å². The summed E-state index contributed by atoms with van der Waals surface area (Å²) >= 11 is 9.67. The molecule has 1 saturated heterocycles. The lowest BCUT2D eigenvalue weighted by Gasteiger charge is -2.14. The van der Waals surface area contributed by atoms with Crippen molar-refractivity contribution in [2.75, 3.05) is 5.88 Å². The molecule has 2 aromatic rings. The number of thioether (sulfide) groups is 1. The van der Waals surface area contributed by atoms with E-state index in [-0.39, 0.29) is 9.22 Å². The van der Waals surface area contributed by atoms with E-state index in [0.29, 0.717) is 4.91 Å². The minimum absolute atomic E-state index is 0.168. The summed E-state index contributed by atoms with van der Waals surface area (Å²) in [7, 11) is -3.64. The summed E-state index contributed by atoms with van der Waals surface area (Å²) in [6.07, 6.45) is 1.71. The molecule has 0 saturated carbocycles. The van der Waals surface area contributed by atoms with Crippen LogP contribution < -0.4 is 0 Å². The Balaban J connectivity index is 1.83. The van der Waals surface area contributed by atoms with E-state index in [1.807, 2.05) is 24.3 Å². The normalized spacial score (nSPS) is 16.7. The molecule has 0 bridgehead atoms. The van der Waals surface area contributed by atoms with E-state index < -0.39 is 21.6 Å². The molecule has 128 valence electrons. The Morgan fingerprint density at radius 3 is 2.36 bits per heavy atom. The van der Waals surface area contributed by atoms with Crippen molar-refractivity contribution < 1.29 is 13.2 Å². The van der Waals surface area contributed by atoms with Crippen molar-refractivity contribution in [2.45, 2.75) is 4.90 Å². The van der Waals surface area contributed by atoms with Gasteiger partial charge in [0.05, 0.1) is 9.80 Å². The maximum absolute atomic E-state index is 12.6. The first-order chi connectivity index (χ1) is 11.9. The molecule has 3 rings (SSSR count). The lowest BCUT2D eigenvalue weighted by molar-refractivity contribution is -0.121. The predicted molar refractivity (Wildman–Crippen MR) is 108 cm³/mol. The van der Waals surface area contributed by atoms with Crippen LogP contribution >= 0.6 is 39.9 Å². The van der Waals surface area contributed by atoms with E-state index in [9.17, 15) is 13.2 Å². The topological polar surface area (TPSA) is 54.5 Å². The highest BCUT2D eigenvalue weighted by molar-refractivity contribution is 9.10. The molecule has 8 heteroatoms. The Bertz CT molecular complexity index is 954. The van der Waals surface area contributed by atoms with Gasteiger partial charge in [0.1, 0.15) is 10.2 Å². The lowest BCUT2D eigenvalue weighted by atomic mass is 10.2. The zero-order chi connectivity index (χ0) is 18.0. The van der Waals surface area contributed by atoms with Crippen LogP contribution in [0, 0.1) is 0 Å². The molecule has 0 spiro atoms. The molecule has 25 heavy (non-hydrogen) atoms. The third-order valence-electron chi connectivity index (χ3n) is 3.44. The highest BCUT2D eigenvalue weighted by Crippen LogP contribution is 2.33. The first kappa shape index (κ1) is 18.3. The highest BCUT2D eigenvalue weighted by Gasteiger charge is 2.35. The van der Waals surface area contributed by atoms with Crippen LogP contribution in [0.15, 0.2) is 68.9 Å². The fraction of sp³-hybridized carbons (Fsp3) is 0.0588. The smallest absolute Gasteiger partial charge is 0.267 e. The van der Waals surface area contributed by atoms with Crippen molar-refractivity contribution in [3.05, 3.63) is 69.5 Å². The minimum atomic E-state index is -3.64. The molecule has 0 aliphatic carbocycles. The second-order valence-electron chi connectivity index (χ2n) is 5.22. The minimum Gasteiger partial charge on any atom is -0.277 e. The molecular weight excluding hydrogens is 442 g/mol. The van der Waals surface area contributed by atoms with Gasteiger partial charge < -0.3 is 0 Å². The number of halogens is 1. The fourth-order valence-corrected chi connectivity index (χ4v) is 5.18. The molecule has 0 radical (unpaired) electrons. The number of hydrogen-bond acceptors (Lipinski definition) is 5. The first-order valence-electron chi connectivity index (χ1n) is 7.15. The number of rotatable bonds is 4. The number of carbonyl (C=O) groups is 1. The van der Waals surface area contributed by atoms with Gasteiger partial charge in [-0.15, -0.1) is 0 Å². The first-order valence-corrected chi connectivity index (χ1v) is 10.8. The Hall–Kier alpha value is -1.48. The number of amides is 1. The van der Waals surface area contributed by atoms with Crippen molar-refractivity contribution in [1.29, 1.82) is 0 Å². The molecule has 1 aliphatic rings. The van der Waals surface area contributed by atoms with Gasteiger partial charge in [-0.2, -0.15) is 0 Å². The van der Waals surface area contributed by atoms with Gasteiger partial charge in [0.15, 0.2) is 9.84 Å². The van der Waals surface area contributed by atoms with Gasteiger partial charge in [0.2, 0.25) is 0 Å². The molecule has 2 aromatic carbocycles. The van der Waals surface area contributed by atoms with E-state index in [1.54, 1.807) is 24.3 Å². The van der Waals surface area contributed by atoms with Gasteiger partial charge in [-0.05, 0) is 35.9 Å². The summed E-state index contributed by atoms with van der Waals surface area (Å²) in [4.78, 5) is 14.3. The molecule has 0 aromatic heterocycles. The van der Waals surface area contributed by atoms with Gasteiger partial charge in [0.25, 0.3) is 5.91 Å². The zero-order valence-corrected chi connectivity index (χ0v) is 16.8. The third kappa shape index (κ3) is 4.20. The van der Waals surface area contributed by atoms with Crippen molar-refractivity contribution >= 4 is 66.1 Å². The van der Waals surface area contributed by atoms with Gasteiger partial charge >= 0.3 is 0 Å². The van der Waals surface area contributed by atoms with E-state index >= 15 is 0 Å². The molecule has 0 unspecified atom stereocenters. The van der Waals surface area contributed by atoms with Crippen molar-refractivity contribution in [3.63, 3.8) is 0 Å². The maximum atomic E-state index is 12.6. The Morgan fingerprint density at radius 1 is 1.08 bits per heavy atom. The standard InChI is InChI=1S/C17H12BrNO3S3/c18-13-8-6-12(7-9-13)10-15-16(20)19(17(23)24-15)11-25(21,22)14-4-2-1-3-5-14/h1-10H,11H2/b15-10-.